The Bertz CT molecular complexity index is 406. The average molecular weight is 265 g/mol. The summed E-state index contributed by atoms with van der Waals surface area (Å²) >= 11 is 0. The molecule has 1 N–H and O–H groups in total. The van der Waals surface area contributed by atoms with E-state index in [9.17, 15) is 0 Å². The highest BCUT2D eigenvalue weighted by Crippen LogP contribution is 2.31. The highest BCUT2D eigenvalue weighted by atomic mass is 16.5. The lowest BCUT2D eigenvalue weighted by atomic mass is 9.95. The maximum absolute atomic E-state index is 5.27. The van der Waals surface area contributed by atoms with Crippen LogP contribution in [-0.2, 0) is 4.74 Å². The van der Waals surface area contributed by atoms with E-state index in [1.807, 2.05) is 0 Å². The fraction of sp³-hybridized carbons (Fsp3) is 0.800. The number of nitrogens with zero attached hydrogens (tertiary/aromatic N) is 2. The molecular formula is C15H27N3O. The topological polar surface area (TPSA) is 39.1 Å². The van der Waals surface area contributed by atoms with Crippen molar-refractivity contribution in [2.24, 2.45) is 0 Å². The first-order valence-corrected chi connectivity index (χ1v) is 7.34. The smallest absolute Gasteiger partial charge is 0.203 e. The van der Waals surface area contributed by atoms with E-state index in [0.29, 0.717) is 12.6 Å². The monoisotopic (exact) mass is 265 g/mol. The average Bonchev–Trinajstić information content (AvgIpc) is 2.70. The normalized spacial score (nSPS) is 17.7. The minimum absolute atomic E-state index is 0.0983. The van der Waals surface area contributed by atoms with Gasteiger partial charge in [-0.05, 0) is 33.6 Å². The molecular weight excluding hydrogens is 238 g/mol. The summed E-state index contributed by atoms with van der Waals surface area (Å²) in [6.07, 6.45) is 8.78. The molecule has 1 saturated carbocycles. The van der Waals surface area contributed by atoms with Crippen molar-refractivity contribution in [3.63, 3.8) is 0 Å². The Hall–Kier alpha value is -1.03. The second-order valence-corrected chi connectivity index (χ2v) is 6.35. The van der Waals surface area contributed by atoms with Crippen LogP contribution in [0.25, 0.3) is 0 Å². The van der Waals surface area contributed by atoms with E-state index in [0.717, 1.165) is 11.6 Å². The van der Waals surface area contributed by atoms with Crippen molar-refractivity contribution in [3.8, 4) is 0 Å². The van der Waals surface area contributed by atoms with Crippen LogP contribution in [-0.4, -0.2) is 28.8 Å². The zero-order chi connectivity index (χ0) is 13.9. The molecule has 19 heavy (non-hydrogen) atoms. The molecule has 0 aromatic carbocycles. The molecule has 1 heterocycles. The minimum Gasteiger partial charge on any atom is -0.382 e. The molecule has 0 saturated heterocycles. The van der Waals surface area contributed by atoms with Gasteiger partial charge in [0.15, 0.2) is 0 Å². The molecule has 0 unspecified atom stereocenters. The van der Waals surface area contributed by atoms with Crippen molar-refractivity contribution in [2.75, 3.05) is 19.0 Å². The molecule has 1 aliphatic carbocycles. The predicted octanol–water partition coefficient (Wildman–Crippen LogP) is 3.53. The molecule has 4 nitrogen and oxygen atoms in total. The zero-order valence-corrected chi connectivity index (χ0v) is 12.7. The van der Waals surface area contributed by atoms with Crippen LogP contribution in [0.3, 0.4) is 0 Å². The molecule has 4 heteroatoms. The summed E-state index contributed by atoms with van der Waals surface area (Å²) < 4.78 is 7.61. The van der Waals surface area contributed by atoms with Gasteiger partial charge < -0.3 is 14.6 Å². The Balaban J connectivity index is 2.15. The third-order valence-corrected chi connectivity index (χ3v) is 3.78. The summed E-state index contributed by atoms with van der Waals surface area (Å²) in [5, 5.41) is 3.53. The molecule has 0 atom stereocenters. The van der Waals surface area contributed by atoms with Crippen LogP contribution >= 0.6 is 0 Å². The van der Waals surface area contributed by atoms with E-state index >= 15 is 0 Å². The summed E-state index contributed by atoms with van der Waals surface area (Å²) in [5.74, 6) is 0.992. The lowest BCUT2D eigenvalue weighted by Gasteiger charge is -2.29. The van der Waals surface area contributed by atoms with Gasteiger partial charge in [0.2, 0.25) is 5.95 Å². The molecule has 1 fully saturated rings. The van der Waals surface area contributed by atoms with Crippen LogP contribution in [0.1, 0.15) is 57.7 Å². The fourth-order valence-corrected chi connectivity index (χ4v) is 2.95. The van der Waals surface area contributed by atoms with Gasteiger partial charge in [0.05, 0.1) is 17.8 Å². The maximum Gasteiger partial charge on any atom is 0.203 e. The van der Waals surface area contributed by atoms with E-state index < -0.39 is 0 Å². The lowest BCUT2D eigenvalue weighted by Crippen LogP contribution is -2.37. The van der Waals surface area contributed by atoms with Gasteiger partial charge in [-0.25, -0.2) is 4.98 Å². The second kappa shape index (κ2) is 5.95. The SMILES string of the molecule is COCC(C)(C)Nc1nc(C)cn1C1CCCCC1. The molecule has 1 aromatic heterocycles. The number of hydrogen-bond donors (Lipinski definition) is 1. The highest BCUT2D eigenvalue weighted by molar-refractivity contribution is 5.33. The number of hydrogen-bond acceptors (Lipinski definition) is 3. The summed E-state index contributed by atoms with van der Waals surface area (Å²) in [7, 11) is 1.74. The Morgan fingerprint density at radius 2 is 2.05 bits per heavy atom. The largest absolute Gasteiger partial charge is 0.382 e. The molecule has 1 aliphatic rings. The third-order valence-electron chi connectivity index (χ3n) is 3.78. The van der Waals surface area contributed by atoms with E-state index in [-0.39, 0.29) is 5.54 Å². The molecule has 0 bridgehead atoms. The maximum atomic E-state index is 5.27. The molecule has 0 spiro atoms. The number of nitrogens with one attached hydrogen (secondary N) is 1. The second-order valence-electron chi connectivity index (χ2n) is 6.35. The molecule has 0 aliphatic heterocycles. The van der Waals surface area contributed by atoms with E-state index in [1.54, 1.807) is 7.11 Å². The summed E-state index contributed by atoms with van der Waals surface area (Å²) in [6, 6.07) is 0.607. The Labute approximate surface area is 116 Å². The Kier molecular flexibility index (Phi) is 4.50. The summed E-state index contributed by atoms with van der Waals surface area (Å²) in [6.45, 7) is 7.02. The molecule has 0 amide bonds. The first kappa shape index (κ1) is 14.4. The predicted molar refractivity (Wildman–Crippen MR) is 78.7 cm³/mol. The van der Waals surface area contributed by atoms with Crippen LogP contribution in [0.5, 0.6) is 0 Å². The summed E-state index contributed by atoms with van der Waals surface area (Å²) in [5.41, 5.74) is 0.986. The zero-order valence-electron chi connectivity index (χ0n) is 12.7. The van der Waals surface area contributed by atoms with Crippen LogP contribution in [0.15, 0.2) is 6.20 Å². The van der Waals surface area contributed by atoms with Crippen molar-refractivity contribution >= 4 is 5.95 Å². The standard InChI is InChI=1S/C15H27N3O/c1-12-10-18(13-8-6-5-7-9-13)14(16-12)17-15(2,3)11-19-4/h10,13H,5-9,11H2,1-4H3,(H,16,17). The number of ether oxygens (including phenoxy) is 1. The van der Waals surface area contributed by atoms with E-state index in [2.05, 4.69) is 41.8 Å². The van der Waals surface area contributed by atoms with Crippen LogP contribution in [0.4, 0.5) is 5.95 Å². The molecule has 2 rings (SSSR count). The number of aryl methyl sites for hydroxylation is 1. The van der Waals surface area contributed by atoms with E-state index in [4.69, 9.17) is 4.74 Å². The number of methoxy groups -OCH3 is 1. The van der Waals surface area contributed by atoms with Gasteiger partial charge >= 0.3 is 0 Å². The number of imidazole rings is 1. The number of anilines is 1. The third kappa shape index (κ3) is 3.72. The van der Waals surface area contributed by atoms with Crippen molar-refractivity contribution in [1.29, 1.82) is 0 Å². The van der Waals surface area contributed by atoms with Crippen molar-refractivity contribution in [2.45, 2.75) is 64.5 Å². The van der Waals surface area contributed by atoms with Gasteiger partial charge in [0.25, 0.3) is 0 Å². The number of rotatable bonds is 5. The first-order valence-electron chi connectivity index (χ1n) is 7.34. The quantitative estimate of drug-likeness (QED) is 0.885. The minimum atomic E-state index is -0.0983. The van der Waals surface area contributed by atoms with Crippen LogP contribution in [0, 0.1) is 6.92 Å². The first-order chi connectivity index (χ1) is 9.02. The van der Waals surface area contributed by atoms with Gasteiger partial charge in [-0.15, -0.1) is 0 Å². The lowest BCUT2D eigenvalue weighted by molar-refractivity contribution is 0.157. The van der Waals surface area contributed by atoms with Crippen molar-refractivity contribution in [3.05, 3.63) is 11.9 Å². The molecule has 0 radical (unpaired) electrons. The van der Waals surface area contributed by atoms with Gasteiger partial charge in [0, 0.05) is 19.3 Å². The van der Waals surface area contributed by atoms with Gasteiger partial charge in [0.1, 0.15) is 0 Å². The number of aromatic nitrogens is 2. The fourth-order valence-electron chi connectivity index (χ4n) is 2.95. The van der Waals surface area contributed by atoms with Crippen molar-refractivity contribution in [1.82, 2.24) is 9.55 Å². The van der Waals surface area contributed by atoms with E-state index in [1.165, 1.54) is 32.1 Å². The van der Waals surface area contributed by atoms with Gasteiger partial charge in [-0.1, -0.05) is 19.3 Å². The Morgan fingerprint density at radius 3 is 2.68 bits per heavy atom. The van der Waals surface area contributed by atoms with Crippen LogP contribution < -0.4 is 5.32 Å². The molecule has 1 aromatic rings. The highest BCUT2D eigenvalue weighted by Gasteiger charge is 2.23. The van der Waals surface area contributed by atoms with Gasteiger partial charge in [-0.2, -0.15) is 0 Å². The summed E-state index contributed by atoms with van der Waals surface area (Å²) in [4.78, 5) is 4.65. The van der Waals surface area contributed by atoms with Crippen molar-refractivity contribution < 1.29 is 4.74 Å². The van der Waals surface area contributed by atoms with Gasteiger partial charge in [-0.3, -0.25) is 0 Å². The van der Waals surface area contributed by atoms with Crippen LogP contribution in [0.2, 0.25) is 0 Å². The Morgan fingerprint density at radius 1 is 1.37 bits per heavy atom. The molecule has 108 valence electrons.